The highest BCUT2D eigenvalue weighted by atomic mass is 35.5. The smallest absolute Gasteiger partial charge is 0.259 e. The van der Waals surface area contributed by atoms with Gasteiger partial charge in [0, 0.05) is 47.8 Å². The average Bonchev–Trinajstić information content (AvgIpc) is 3.54. The van der Waals surface area contributed by atoms with Crippen molar-refractivity contribution in [3.05, 3.63) is 76.1 Å². The third-order valence-corrected chi connectivity index (χ3v) is 7.46. The molecule has 1 amide bonds. The van der Waals surface area contributed by atoms with Crippen molar-refractivity contribution >= 4 is 35.0 Å². The maximum Gasteiger partial charge on any atom is 0.259 e. The van der Waals surface area contributed by atoms with E-state index >= 15 is 0 Å². The van der Waals surface area contributed by atoms with Gasteiger partial charge in [0.15, 0.2) is 0 Å². The number of nitrogens with zero attached hydrogens (tertiary/aromatic N) is 3. The van der Waals surface area contributed by atoms with E-state index in [1.807, 2.05) is 53.7 Å². The highest BCUT2D eigenvalue weighted by molar-refractivity contribution is 7.99. The predicted molar refractivity (Wildman–Crippen MR) is 132 cm³/mol. The van der Waals surface area contributed by atoms with Gasteiger partial charge in [-0.15, -0.1) is 0 Å². The summed E-state index contributed by atoms with van der Waals surface area (Å²) in [6.45, 7) is 5.14. The van der Waals surface area contributed by atoms with E-state index < -0.39 is 0 Å². The first-order chi connectivity index (χ1) is 15.6. The number of amides is 1. The molecule has 3 aromatic rings. The topological polar surface area (TPSA) is 50.2 Å². The average molecular weight is 467 g/mol. The van der Waals surface area contributed by atoms with Gasteiger partial charge < -0.3 is 5.32 Å². The van der Waals surface area contributed by atoms with Gasteiger partial charge in [-0.2, -0.15) is 16.9 Å². The number of anilines is 1. The number of hydrogen-bond donors (Lipinski definition) is 1. The molecule has 2 heterocycles. The van der Waals surface area contributed by atoms with Gasteiger partial charge in [0.05, 0.1) is 23.1 Å². The number of aromatic nitrogens is 2. The number of carbonyl (C=O) groups excluding carboxylic acids is 1. The summed E-state index contributed by atoms with van der Waals surface area (Å²) in [6.07, 6.45) is 3.84. The van der Waals surface area contributed by atoms with Gasteiger partial charge in [0.25, 0.3) is 5.91 Å². The molecule has 5 nitrogen and oxygen atoms in total. The Bertz CT molecular complexity index is 1130. The molecule has 166 valence electrons. The Kier molecular flexibility index (Phi) is 6.26. The standard InChI is InChI=1S/C25H27ClN4OS/c1-17-5-8-21(14-23(17)26)30-24(19-6-7-19)22(15-27-30)25(31)28-20-4-2-3-18(13-20)16-29-9-11-32-12-10-29/h2-5,8,13-15,19H,6-7,9-12,16H2,1H3,(H,28,31). The molecule has 1 saturated carbocycles. The number of thioether (sulfide) groups is 1. The van der Waals surface area contributed by atoms with E-state index in [1.54, 1.807) is 6.20 Å². The summed E-state index contributed by atoms with van der Waals surface area (Å²) in [4.78, 5) is 15.7. The Morgan fingerprint density at radius 3 is 2.75 bits per heavy atom. The van der Waals surface area contributed by atoms with Crippen LogP contribution < -0.4 is 5.32 Å². The van der Waals surface area contributed by atoms with Crippen molar-refractivity contribution in [2.45, 2.75) is 32.2 Å². The molecule has 1 aromatic heterocycles. The van der Waals surface area contributed by atoms with Gasteiger partial charge in [-0.3, -0.25) is 9.69 Å². The second kappa shape index (κ2) is 9.30. The monoisotopic (exact) mass is 466 g/mol. The Morgan fingerprint density at radius 1 is 1.19 bits per heavy atom. The Hall–Kier alpha value is -2.28. The SMILES string of the molecule is Cc1ccc(-n2ncc(C(=O)Nc3cccc(CN4CCSCC4)c3)c2C2CC2)cc1Cl. The van der Waals surface area contributed by atoms with Crippen LogP contribution in [0.15, 0.2) is 48.7 Å². The number of aryl methyl sites for hydroxylation is 1. The minimum atomic E-state index is -0.108. The van der Waals surface area contributed by atoms with E-state index in [2.05, 4.69) is 27.4 Å². The predicted octanol–water partition coefficient (Wildman–Crippen LogP) is 5.51. The molecule has 0 atom stereocenters. The summed E-state index contributed by atoms with van der Waals surface area (Å²) >= 11 is 8.36. The third kappa shape index (κ3) is 4.72. The molecule has 0 spiro atoms. The number of hydrogen-bond acceptors (Lipinski definition) is 4. The van der Waals surface area contributed by atoms with Crippen molar-refractivity contribution in [3.8, 4) is 5.69 Å². The number of halogens is 1. The van der Waals surface area contributed by atoms with Crippen molar-refractivity contribution in [1.29, 1.82) is 0 Å². The molecule has 2 fully saturated rings. The van der Waals surface area contributed by atoms with Crippen molar-refractivity contribution in [2.75, 3.05) is 29.9 Å². The molecule has 1 aliphatic heterocycles. The Balaban J connectivity index is 1.36. The molecule has 0 radical (unpaired) electrons. The molecule has 2 aromatic carbocycles. The van der Waals surface area contributed by atoms with Crippen LogP contribution in [0.4, 0.5) is 5.69 Å². The van der Waals surface area contributed by atoms with Crippen LogP contribution in [-0.2, 0) is 6.54 Å². The third-order valence-electron chi connectivity index (χ3n) is 6.11. The zero-order chi connectivity index (χ0) is 22.1. The summed E-state index contributed by atoms with van der Waals surface area (Å²) in [7, 11) is 0. The van der Waals surface area contributed by atoms with Crippen LogP contribution in [0.3, 0.4) is 0 Å². The lowest BCUT2D eigenvalue weighted by Gasteiger charge is -2.26. The van der Waals surface area contributed by atoms with Crippen LogP contribution in [0.1, 0.15) is 45.9 Å². The Labute approximate surface area is 198 Å². The van der Waals surface area contributed by atoms with Crippen LogP contribution in [0.25, 0.3) is 5.69 Å². The van der Waals surface area contributed by atoms with Crippen molar-refractivity contribution in [2.24, 2.45) is 0 Å². The number of carbonyl (C=O) groups is 1. The van der Waals surface area contributed by atoms with Crippen LogP contribution in [0, 0.1) is 6.92 Å². The summed E-state index contributed by atoms with van der Waals surface area (Å²) in [5.74, 6) is 2.64. The zero-order valence-electron chi connectivity index (χ0n) is 18.2. The summed E-state index contributed by atoms with van der Waals surface area (Å²) < 4.78 is 1.88. The molecule has 32 heavy (non-hydrogen) atoms. The zero-order valence-corrected chi connectivity index (χ0v) is 19.8. The molecule has 1 aliphatic carbocycles. The first-order valence-electron chi connectivity index (χ1n) is 11.1. The fraction of sp³-hybridized carbons (Fsp3) is 0.360. The molecule has 2 aliphatic rings. The van der Waals surface area contributed by atoms with Crippen molar-refractivity contribution in [1.82, 2.24) is 14.7 Å². The van der Waals surface area contributed by atoms with Gasteiger partial charge in [0.2, 0.25) is 0 Å². The van der Waals surface area contributed by atoms with E-state index in [0.717, 1.165) is 55.1 Å². The van der Waals surface area contributed by atoms with Crippen LogP contribution >= 0.6 is 23.4 Å². The lowest BCUT2D eigenvalue weighted by atomic mass is 10.1. The molecular formula is C25H27ClN4OS. The fourth-order valence-corrected chi connectivity index (χ4v) is 5.32. The minimum Gasteiger partial charge on any atom is -0.322 e. The van der Waals surface area contributed by atoms with Gasteiger partial charge >= 0.3 is 0 Å². The number of rotatable bonds is 6. The molecule has 5 rings (SSSR count). The summed E-state index contributed by atoms with van der Waals surface area (Å²) in [5, 5.41) is 8.37. The normalized spacial score (nSPS) is 16.8. The fourth-order valence-electron chi connectivity index (χ4n) is 4.17. The van der Waals surface area contributed by atoms with E-state index in [4.69, 9.17) is 11.6 Å². The molecular weight excluding hydrogens is 440 g/mol. The number of nitrogens with one attached hydrogen (secondary N) is 1. The van der Waals surface area contributed by atoms with Crippen molar-refractivity contribution in [3.63, 3.8) is 0 Å². The highest BCUT2D eigenvalue weighted by Gasteiger charge is 2.33. The van der Waals surface area contributed by atoms with Crippen LogP contribution in [-0.4, -0.2) is 45.2 Å². The molecule has 7 heteroatoms. The highest BCUT2D eigenvalue weighted by Crippen LogP contribution is 2.42. The quantitative estimate of drug-likeness (QED) is 0.520. The minimum absolute atomic E-state index is 0.108. The van der Waals surface area contributed by atoms with E-state index in [1.165, 1.54) is 17.1 Å². The second-order valence-electron chi connectivity index (χ2n) is 8.61. The lowest BCUT2D eigenvalue weighted by Crippen LogP contribution is -2.31. The van der Waals surface area contributed by atoms with Gasteiger partial charge in [-0.25, -0.2) is 4.68 Å². The molecule has 1 N–H and O–H groups in total. The first-order valence-corrected chi connectivity index (χ1v) is 12.7. The summed E-state index contributed by atoms with van der Waals surface area (Å²) in [6, 6.07) is 14.1. The van der Waals surface area contributed by atoms with E-state index in [-0.39, 0.29) is 5.91 Å². The molecule has 0 unspecified atom stereocenters. The maximum atomic E-state index is 13.2. The Morgan fingerprint density at radius 2 is 2.00 bits per heavy atom. The summed E-state index contributed by atoms with van der Waals surface area (Å²) in [5.41, 5.74) is 5.58. The van der Waals surface area contributed by atoms with Gasteiger partial charge in [-0.05, 0) is 55.2 Å². The van der Waals surface area contributed by atoms with E-state index in [9.17, 15) is 4.79 Å². The first kappa shape index (κ1) is 21.6. The van der Waals surface area contributed by atoms with Gasteiger partial charge in [-0.1, -0.05) is 29.8 Å². The van der Waals surface area contributed by atoms with E-state index in [0.29, 0.717) is 16.5 Å². The van der Waals surface area contributed by atoms with Crippen LogP contribution in [0.5, 0.6) is 0 Å². The lowest BCUT2D eigenvalue weighted by molar-refractivity contribution is 0.102. The van der Waals surface area contributed by atoms with Crippen molar-refractivity contribution < 1.29 is 4.79 Å². The largest absolute Gasteiger partial charge is 0.322 e. The maximum absolute atomic E-state index is 13.2. The molecule has 0 bridgehead atoms. The number of benzene rings is 2. The van der Waals surface area contributed by atoms with Gasteiger partial charge in [0.1, 0.15) is 0 Å². The second-order valence-corrected chi connectivity index (χ2v) is 10.2. The molecule has 1 saturated heterocycles. The van der Waals surface area contributed by atoms with Crippen LogP contribution in [0.2, 0.25) is 5.02 Å².